The largest absolute Gasteiger partial charge is 0.321 e. The van der Waals surface area contributed by atoms with E-state index >= 15 is 0 Å². The summed E-state index contributed by atoms with van der Waals surface area (Å²) in [6, 6.07) is 18.7. The topological polar surface area (TPSA) is 85.1 Å². The van der Waals surface area contributed by atoms with Crippen LogP contribution in [0.25, 0.3) is 11.6 Å². The van der Waals surface area contributed by atoms with Crippen molar-refractivity contribution in [1.82, 2.24) is 4.98 Å². The minimum absolute atomic E-state index is 0.00298. The van der Waals surface area contributed by atoms with Gasteiger partial charge in [0.05, 0.1) is 16.8 Å². The second kappa shape index (κ2) is 7.85. The van der Waals surface area contributed by atoms with Crippen LogP contribution in [-0.2, 0) is 4.79 Å². The van der Waals surface area contributed by atoms with E-state index in [9.17, 15) is 14.9 Å². The minimum Gasteiger partial charge on any atom is -0.321 e. The molecule has 1 aromatic heterocycles. The molecule has 0 saturated heterocycles. The maximum absolute atomic E-state index is 12.8. The first kappa shape index (κ1) is 17.0. The van der Waals surface area contributed by atoms with Gasteiger partial charge in [-0.3, -0.25) is 19.9 Å². The normalized spacial score (nSPS) is 11.0. The Labute approximate surface area is 150 Å². The van der Waals surface area contributed by atoms with Crippen LogP contribution in [0.2, 0.25) is 0 Å². The highest BCUT2D eigenvalue weighted by atomic mass is 16.6. The summed E-state index contributed by atoms with van der Waals surface area (Å²) in [6.07, 6.45) is 4.89. The predicted molar refractivity (Wildman–Crippen MR) is 100 cm³/mol. The summed E-state index contributed by atoms with van der Waals surface area (Å²) in [5.74, 6) is -0.289. The summed E-state index contributed by atoms with van der Waals surface area (Å²) in [6.45, 7) is 0. The van der Waals surface area contributed by atoms with E-state index < -0.39 is 4.92 Å². The molecular weight excluding hydrogens is 330 g/mol. The number of nitro groups is 1. The van der Waals surface area contributed by atoms with Gasteiger partial charge in [-0.05, 0) is 41.5 Å². The number of non-ortho nitro benzene ring substituents is 1. The number of nitrogens with zero attached hydrogens (tertiary/aromatic N) is 2. The van der Waals surface area contributed by atoms with Crippen LogP contribution in [0.5, 0.6) is 0 Å². The van der Waals surface area contributed by atoms with E-state index in [0.717, 1.165) is 5.56 Å². The Hall–Kier alpha value is -3.80. The highest BCUT2D eigenvalue weighted by Crippen LogP contribution is 2.22. The van der Waals surface area contributed by atoms with E-state index in [0.29, 0.717) is 16.8 Å². The quantitative estimate of drug-likeness (QED) is 0.325. The Bertz CT molecular complexity index is 937. The van der Waals surface area contributed by atoms with Gasteiger partial charge in [0.25, 0.3) is 11.6 Å². The molecule has 1 heterocycles. The van der Waals surface area contributed by atoms with Crippen LogP contribution in [0.4, 0.5) is 11.4 Å². The molecule has 0 saturated carbocycles. The fraction of sp³-hybridized carbons (Fsp3) is 0. The fourth-order valence-corrected chi connectivity index (χ4v) is 2.39. The molecule has 128 valence electrons. The number of benzene rings is 2. The molecule has 0 unspecified atom stereocenters. The average molecular weight is 345 g/mol. The third kappa shape index (κ3) is 4.18. The number of rotatable bonds is 5. The zero-order valence-corrected chi connectivity index (χ0v) is 13.7. The SMILES string of the molecule is O=C(Nc1cccnc1)/C(=C/c1ccc([N+](=O)[O-])cc1)c1ccccc1. The standard InChI is InChI=1S/C20H15N3O3/c24-20(22-17-7-4-12-21-14-17)19(16-5-2-1-3-6-16)13-15-8-10-18(11-9-15)23(25)26/h1-14H,(H,22,24)/b19-13+. The summed E-state index contributed by atoms with van der Waals surface area (Å²) >= 11 is 0. The van der Waals surface area contributed by atoms with E-state index in [1.807, 2.05) is 30.3 Å². The summed E-state index contributed by atoms with van der Waals surface area (Å²) in [4.78, 5) is 27.1. The molecule has 3 aromatic rings. The Morgan fingerprint density at radius 1 is 1.00 bits per heavy atom. The Morgan fingerprint density at radius 3 is 2.35 bits per heavy atom. The molecule has 0 aliphatic carbocycles. The number of hydrogen-bond acceptors (Lipinski definition) is 4. The molecule has 26 heavy (non-hydrogen) atoms. The van der Waals surface area contributed by atoms with Crippen LogP contribution in [0.1, 0.15) is 11.1 Å². The first-order valence-electron chi connectivity index (χ1n) is 7.86. The molecular formula is C20H15N3O3. The molecule has 0 atom stereocenters. The molecule has 0 radical (unpaired) electrons. The van der Waals surface area contributed by atoms with Gasteiger partial charge < -0.3 is 5.32 Å². The third-order valence-corrected chi connectivity index (χ3v) is 3.66. The van der Waals surface area contributed by atoms with Crippen LogP contribution < -0.4 is 5.32 Å². The fourth-order valence-electron chi connectivity index (χ4n) is 2.39. The molecule has 0 spiro atoms. The number of aromatic nitrogens is 1. The number of nitro benzene ring substituents is 1. The van der Waals surface area contributed by atoms with Crippen molar-refractivity contribution in [3.63, 3.8) is 0 Å². The highest BCUT2D eigenvalue weighted by Gasteiger charge is 2.13. The van der Waals surface area contributed by atoms with Crippen molar-refractivity contribution in [1.29, 1.82) is 0 Å². The van der Waals surface area contributed by atoms with E-state index in [2.05, 4.69) is 10.3 Å². The monoisotopic (exact) mass is 345 g/mol. The van der Waals surface area contributed by atoms with E-state index in [1.54, 1.807) is 42.7 Å². The number of carbonyl (C=O) groups is 1. The lowest BCUT2D eigenvalue weighted by atomic mass is 10.0. The number of carbonyl (C=O) groups excluding carboxylic acids is 1. The number of hydrogen-bond donors (Lipinski definition) is 1. The molecule has 1 N–H and O–H groups in total. The van der Waals surface area contributed by atoms with Crippen molar-refractivity contribution in [3.05, 3.63) is 100 Å². The molecule has 6 heteroatoms. The zero-order chi connectivity index (χ0) is 18.4. The molecule has 3 rings (SSSR count). The highest BCUT2D eigenvalue weighted by molar-refractivity contribution is 6.29. The van der Waals surface area contributed by atoms with E-state index in [1.165, 1.54) is 12.1 Å². The van der Waals surface area contributed by atoms with E-state index in [4.69, 9.17) is 0 Å². The van der Waals surface area contributed by atoms with Crippen LogP contribution >= 0.6 is 0 Å². The van der Waals surface area contributed by atoms with Gasteiger partial charge in [0.1, 0.15) is 0 Å². The summed E-state index contributed by atoms with van der Waals surface area (Å²) in [5, 5.41) is 13.6. The first-order valence-corrected chi connectivity index (χ1v) is 7.86. The van der Waals surface area contributed by atoms with Crippen molar-refractivity contribution < 1.29 is 9.72 Å². The maximum atomic E-state index is 12.8. The van der Waals surface area contributed by atoms with E-state index in [-0.39, 0.29) is 11.6 Å². The average Bonchev–Trinajstić information content (AvgIpc) is 2.68. The molecule has 6 nitrogen and oxygen atoms in total. The molecule has 0 aliphatic rings. The van der Waals surface area contributed by atoms with Gasteiger partial charge in [0.15, 0.2) is 0 Å². The summed E-state index contributed by atoms with van der Waals surface area (Å²) < 4.78 is 0. The van der Waals surface area contributed by atoms with Crippen molar-refractivity contribution in [2.24, 2.45) is 0 Å². The number of anilines is 1. The predicted octanol–water partition coefficient (Wildman–Crippen LogP) is 4.17. The van der Waals surface area contributed by atoms with Crippen LogP contribution in [0.15, 0.2) is 79.1 Å². The molecule has 2 aromatic carbocycles. The van der Waals surface area contributed by atoms with Gasteiger partial charge >= 0.3 is 0 Å². The Balaban J connectivity index is 1.95. The summed E-state index contributed by atoms with van der Waals surface area (Å²) in [5.41, 5.74) is 2.47. The van der Waals surface area contributed by atoms with Gasteiger partial charge in [0.2, 0.25) is 0 Å². The number of pyridine rings is 1. The minimum atomic E-state index is -0.458. The maximum Gasteiger partial charge on any atom is 0.269 e. The third-order valence-electron chi connectivity index (χ3n) is 3.66. The van der Waals surface area contributed by atoms with Gasteiger partial charge in [-0.1, -0.05) is 30.3 Å². The molecule has 0 fully saturated rings. The molecule has 0 aliphatic heterocycles. The second-order valence-electron chi connectivity index (χ2n) is 5.47. The van der Waals surface area contributed by atoms with Crippen molar-refractivity contribution >= 4 is 28.9 Å². The lowest BCUT2D eigenvalue weighted by Gasteiger charge is -2.09. The Morgan fingerprint density at radius 2 is 1.73 bits per heavy atom. The second-order valence-corrected chi connectivity index (χ2v) is 5.47. The van der Waals surface area contributed by atoms with Crippen LogP contribution in [-0.4, -0.2) is 15.8 Å². The van der Waals surface area contributed by atoms with Gasteiger partial charge in [-0.15, -0.1) is 0 Å². The lowest BCUT2D eigenvalue weighted by molar-refractivity contribution is -0.384. The molecule has 0 bridgehead atoms. The summed E-state index contributed by atoms with van der Waals surface area (Å²) in [7, 11) is 0. The van der Waals surface area contributed by atoms with Crippen molar-refractivity contribution in [2.75, 3.05) is 5.32 Å². The number of amides is 1. The van der Waals surface area contributed by atoms with Crippen LogP contribution in [0, 0.1) is 10.1 Å². The van der Waals surface area contributed by atoms with Crippen molar-refractivity contribution in [3.8, 4) is 0 Å². The van der Waals surface area contributed by atoms with Crippen molar-refractivity contribution in [2.45, 2.75) is 0 Å². The zero-order valence-electron chi connectivity index (χ0n) is 13.7. The Kier molecular flexibility index (Phi) is 5.14. The lowest BCUT2D eigenvalue weighted by Crippen LogP contribution is -2.13. The smallest absolute Gasteiger partial charge is 0.269 e. The number of nitrogens with one attached hydrogen (secondary N) is 1. The van der Waals surface area contributed by atoms with Crippen LogP contribution in [0.3, 0.4) is 0 Å². The first-order chi connectivity index (χ1) is 12.6. The van der Waals surface area contributed by atoms with Gasteiger partial charge in [-0.25, -0.2) is 0 Å². The molecule has 1 amide bonds. The van der Waals surface area contributed by atoms with Gasteiger partial charge in [0, 0.05) is 23.9 Å². The van der Waals surface area contributed by atoms with Gasteiger partial charge in [-0.2, -0.15) is 0 Å².